The lowest BCUT2D eigenvalue weighted by molar-refractivity contribution is -0.384. The van der Waals surface area contributed by atoms with Crippen molar-refractivity contribution < 1.29 is 19.6 Å². The van der Waals surface area contributed by atoms with Gasteiger partial charge in [0, 0.05) is 22.3 Å². The van der Waals surface area contributed by atoms with Gasteiger partial charge in [-0.25, -0.2) is 9.78 Å². The number of benzene rings is 2. The molecule has 0 saturated carbocycles. The number of carboxylic acids is 1. The highest BCUT2D eigenvalue weighted by Crippen LogP contribution is 2.24. The number of aromatic carboxylic acids is 1. The highest BCUT2D eigenvalue weighted by Gasteiger charge is 2.13. The van der Waals surface area contributed by atoms with Gasteiger partial charge >= 0.3 is 11.7 Å². The minimum Gasteiger partial charge on any atom is -0.488 e. The van der Waals surface area contributed by atoms with Crippen molar-refractivity contribution in [3.05, 3.63) is 92.1 Å². The summed E-state index contributed by atoms with van der Waals surface area (Å²) in [5.74, 6) is -0.439. The molecule has 0 atom stereocenters. The van der Waals surface area contributed by atoms with Gasteiger partial charge in [-0.05, 0) is 42.0 Å². The number of anilines is 1. The fraction of sp³-hybridized carbons (Fsp3) is 0.0500. The average molecular weight is 471 g/mol. The van der Waals surface area contributed by atoms with E-state index in [1.54, 1.807) is 30.3 Å². The second kappa shape index (κ2) is 9.61. The molecule has 9 nitrogen and oxygen atoms in total. The van der Waals surface area contributed by atoms with Crippen molar-refractivity contribution >= 4 is 39.6 Å². The van der Waals surface area contributed by atoms with Crippen LogP contribution in [0.3, 0.4) is 0 Å². The summed E-state index contributed by atoms with van der Waals surface area (Å²) in [5, 5.41) is 24.0. The van der Waals surface area contributed by atoms with Crippen molar-refractivity contribution in [1.29, 1.82) is 0 Å². The van der Waals surface area contributed by atoms with E-state index in [1.807, 2.05) is 0 Å². The standard InChI is InChI=1S/C20H15BrN4O5/c21-16-7-8-18(30-12-13-3-5-14(6-4-13)20(26)27)15(10-16)11-23-24-19-17(25(28)29)2-1-9-22-19/h1-11H,12H2,(H,22,24)(H,26,27)/b23-11+. The summed E-state index contributed by atoms with van der Waals surface area (Å²) in [7, 11) is 0. The first-order valence-electron chi connectivity index (χ1n) is 8.57. The molecule has 0 unspecified atom stereocenters. The lowest BCUT2D eigenvalue weighted by Gasteiger charge is -2.10. The number of hydrogen-bond donors (Lipinski definition) is 2. The largest absolute Gasteiger partial charge is 0.488 e. The molecule has 0 saturated heterocycles. The maximum absolute atomic E-state index is 11.0. The van der Waals surface area contributed by atoms with Crippen LogP contribution in [0.2, 0.25) is 0 Å². The van der Waals surface area contributed by atoms with Gasteiger partial charge in [0.1, 0.15) is 12.4 Å². The normalized spacial score (nSPS) is 10.7. The molecule has 30 heavy (non-hydrogen) atoms. The van der Waals surface area contributed by atoms with E-state index >= 15 is 0 Å². The van der Waals surface area contributed by atoms with Gasteiger partial charge in [-0.3, -0.25) is 15.5 Å². The van der Waals surface area contributed by atoms with E-state index in [0.29, 0.717) is 11.3 Å². The number of nitrogens with one attached hydrogen (secondary N) is 1. The Hall–Kier alpha value is -3.79. The topological polar surface area (TPSA) is 127 Å². The highest BCUT2D eigenvalue weighted by atomic mass is 79.9. The maximum atomic E-state index is 11.0. The zero-order valence-electron chi connectivity index (χ0n) is 15.4. The number of aromatic nitrogens is 1. The third-order valence-electron chi connectivity index (χ3n) is 3.92. The second-order valence-corrected chi connectivity index (χ2v) is 6.89. The Morgan fingerprint density at radius 3 is 2.73 bits per heavy atom. The SMILES string of the molecule is O=C(O)c1ccc(COc2ccc(Br)cc2/C=N/Nc2ncccc2[N+](=O)[O-])cc1. The van der Waals surface area contributed by atoms with Crippen LogP contribution in [-0.4, -0.2) is 27.2 Å². The molecular formula is C20H15BrN4O5. The Labute approximate surface area is 179 Å². The molecule has 2 aromatic carbocycles. The number of nitrogens with zero attached hydrogens (tertiary/aromatic N) is 3. The van der Waals surface area contributed by atoms with Gasteiger partial charge in [-0.15, -0.1) is 0 Å². The van der Waals surface area contributed by atoms with Crippen LogP contribution >= 0.6 is 15.9 Å². The first-order valence-corrected chi connectivity index (χ1v) is 9.36. The van der Waals surface area contributed by atoms with Gasteiger partial charge in [0.25, 0.3) is 0 Å². The summed E-state index contributed by atoms with van der Waals surface area (Å²) in [4.78, 5) is 25.3. The monoisotopic (exact) mass is 470 g/mol. The van der Waals surface area contributed by atoms with Gasteiger partial charge in [0.2, 0.25) is 5.82 Å². The average Bonchev–Trinajstić information content (AvgIpc) is 2.73. The molecule has 10 heteroatoms. The summed E-state index contributed by atoms with van der Waals surface area (Å²) < 4.78 is 6.63. The van der Waals surface area contributed by atoms with E-state index in [9.17, 15) is 14.9 Å². The summed E-state index contributed by atoms with van der Waals surface area (Å²) in [6, 6.07) is 14.5. The van der Waals surface area contributed by atoms with Gasteiger partial charge in [0.05, 0.1) is 16.7 Å². The Kier molecular flexibility index (Phi) is 6.71. The lowest BCUT2D eigenvalue weighted by atomic mass is 10.1. The fourth-order valence-electron chi connectivity index (χ4n) is 2.45. The van der Waals surface area contributed by atoms with Crippen molar-refractivity contribution in [1.82, 2.24) is 4.98 Å². The number of hydrogen-bond acceptors (Lipinski definition) is 7. The number of carbonyl (C=O) groups is 1. The Morgan fingerprint density at radius 1 is 1.27 bits per heavy atom. The number of halogens is 1. The predicted octanol–water partition coefficient (Wildman–Crippen LogP) is 4.48. The third kappa shape index (κ3) is 5.39. The first kappa shape index (κ1) is 20.9. The van der Waals surface area contributed by atoms with E-state index in [-0.39, 0.29) is 23.7 Å². The van der Waals surface area contributed by atoms with Crippen molar-refractivity contribution in [2.24, 2.45) is 5.10 Å². The van der Waals surface area contributed by atoms with Crippen molar-refractivity contribution in [2.45, 2.75) is 6.61 Å². The molecule has 0 fully saturated rings. The smallest absolute Gasteiger partial charge is 0.335 e. The second-order valence-electron chi connectivity index (χ2n) is 5.97. The number of rotatable bonds is 8. The molecule has 1 heterocycles. The van der Waals surface area contributed by atoms with Gasteiger partial charge < -0.3 is 9.84 Å². The van der Waals surface area contributed by atoms with Crippen LogP contribution in [0.5, 0.6) is 5.75 Å². The third-order valence-corrected chi connectivity index (χ3v) is 4.42. The summed E-state index contributed by atoms with van der Waals surface area (Å²) in [5.41, 5.74) is 4.00. The van der Waals surface area contributed by atoms with Crippen LogP contribution in [0.25, 0.3) is 0 Å². The summed E-state index contributed by atoms with van der Waals surface area (Å²) >= 11 is 3.39. The molecular weight excluding hydrogens is 456 g/mol. The van der Waals surface area contributed by atoms with Crippen LogP contribution in [-0.2, 0) is 6.61 Å². The molecule has 0 aliphatic rings. The van der Waals surface area contributed by atoms with Crippen LogP contribution in [0, 0.1) is 10.1 Å². The highest BCUT2D eigenvalue weighted by molar-refractivity contribution is 9.10. The molecule has 0 spiro atoms. The minimum atomic E-state index is -0.991. The predicted molar refractivity (Wildman–Crippen MR) is 114 cm³/mol. The zero-order chi connectivity index (χ0) is 21.5. The van der Waals surface area contributed by atoms with Gasteiger partial charge in [-0.1, -0.05) is 28.1 Å². The van der Waals surface area contributed by atoms with Crippen LogP contribution in [0.4, 0.5) is 11.5 Å². The molecule has 1 aromatic heterocycles. The van der Waals surface area contributed by atoms with Crippen molar-refractivity contribution in [3.8, 4) is 5.75 Å². The molecule has 3 rings (SSSR count). The number of ether oxygens (including phenoxy) is 1. The molecule has 0 aliphatic heterocycles. The summed E-state index contributed by atoms with van der Waals surface area (Å²) in [6.45, 7) is 0.224. The molecule has 0 amide bonds. The number of pyridine rings is 1. The Balaban J connectivity index is 1.73. The van der Waals surface area contributed by atoms with Gasteiger partial charge in [-0.2, -0.15) is 5.10 Å². The lowest BCUT2D eigenvalue weighted by Crippen LogP contribution is -2.02. The molecule has 2 N–H and O–H groups in total. The minimum absolute atomic E-state index is 0.0229. The molecule has 0 radical (unpaired) electrons. The van der Waals surface area contributed by atoms with Crippen molar-refractivity contribution in [3.63, 3.8) is 0 Å². The van der Waals surface area contributed by atoms with E-state index in [2.05, 4.69) is 31.4 Å². The Bertz CT molecular complexity index is 1100. The molecule has 152 valence electrons. The number of nitro groups is 1. The quantitative estimate of drug-likeness (QED) is 0.282. The van der Waals surface area contributed by atoms with Crippen LogP contribution in [0.15, 0.2) is 70.4 Å². The fourth-order valence-corrected chi connectivity index (χ4v) is 2.83. The van der Waals surface area contributed by atoms with Gasteiger partial charge in [0.15, 0.2) is 0 Å². The van der Waals surface area contributed by atoms with Crippen LogP contribution in [0.1, 0.15) is 21.5 Å². The zero-order valence-corrected chi connectivity index (χ0v) is 16.9. The van der Waals surface area contributed by atoms with Crippen LogP contribution < -0.4 is 10.2 Å². The van der Waals surface area contributed by atoms with E-state index < -0.39 is 10.9 Å². The van der Waals surface area contributed by atoms with E-state index in [1.165, 1.54) is 36.7 Å². The van der Waals surface area contributed by atoms with E-state index in [4.69, 9.17) is 9.84 Å². The summed E-state index contributed by atoms with van der Waals surface area (Å²) in [6.07, 6.45) is 2.89. The molecule has 0 aliphatic carbocycles. The maximum Gasteiger partial charge on any atom is 0.335 e. The van der Waals surface area contributed by atoms with Crippen molar-refractivity contribution in [2.75, 3.05) is 5.43 Å². The number of carboxylic acid groups (broad SMARTS) is 1. The molecule has 0 bridgehead atoms. The molecule has 3 aromatic rings. The number of hydrazone groups is 1. The first-order chi connectivity index (χ1) is 14.4. The van der Waals surface area contributed by atoms with E-state index in [0.717, 1.165) is 10.0 Å². The Morgan fingerprint density at radius 2 is 2.03 bits per heavy atom.